The Labute approximate surface area is 245 Å². The number of nitrogens with zero attached hydrogens (tertiary/aromatic N) is 2. The lowest BCUT2D eigenvalue weighted by Crippen LogP contribution is -2.57. The molecule has 0 unspecified atom stereocenters. The minimum absolute atomic E-state index is 0.0743. The number of carbonyl (C=O) groups is 3. The first kappa shape index (κ1) is 29.0. The van der Waals surface area contributed by atoms with Crippen LogP contribution < -0.4 is 16.0 Å². The highest BCUT2D eigenvalue weighted by molar-refractivity contribution is 7.19. The van der Waals surface area contributed by atoms with Crippen molar-refractivity contribution in [3.63, 3.8) is 0 Å². The van der Waals surface area contributed by atoms with Crippen LogP contribution in [0.3, 0.4) is 0 Å². The lowest BCUT2D eigenvalue weighted by molar-refractivity contribution is -0.142. The van der Waals surface area contributed by atoms with Crippen LogP contribution in [0.15, 0.2) is 60.7 Å². The van der Waals surface area contributed by atoms with Gasteiger partial charge >= 0.3 is 0 Å². The second kappa shape index (κ2) is 13.4. The molecule has 1 saturated carbocycles. The number of rotatable bonds is 9. The monoisotopic (exact) mass is 573 g/mol. The largest absolute Gasteiger partial charge is 0.343 e. The highest BCUT2D eigenvalue weighted by Gasteiger charge is 2.41. The Morgan fingerprint density at radius 2 is 1.56 bits per heavy atom. The van der Waals surface area contributed by atoms with Crippen LogP contribution in [0.2, 0.25) is 0 Å². The van der Waals surface area contributed by atoms with E-state index in [1.165, 1.54) is 11.3 Å². The summed E-state index contributed by atoms with van der Waals surface area (Å²) < 4.78 is 0. The van der Waals surface area contributed by atoms with Gasteiger partial charge in [0.05, 0.1) is 10.9 Å². The second-order valence-electron chi connectivity index (χ2n) is 11.0. The maximum Gasteiger partial charge on any atom is 0.248 e. The van der Waals surface area contributed by atoms with Crippen molar-refractivity contribution in [2.75, 3.05) is 18.9 Å². The summed E-state index contributed by atoms with van der Waals surface area (Å²) in [6, 6.07) is 18.2. The van der Waals surface area contributed by atoms with Gasteiger partial charge in [0.15, 0.2) is 5.82 Å². The van der Waals surface area contributed by atoms with Crippen LogP contribution in [0.4, 0.5) is 5.82 Å². The minimum Gasteiger partial charge on any atom is -0.343 e. The number of nitrogens with one attached hydrogen (secondary N) is 3. The van der Waals surface area contributed by atoms with Crippen LogP contribution in [0.1, 0.15) is 51.9 Å². The summed E-state index contributed by atoms with van der Waals surface area (Å²) in [5.41, 5.74) is 1.95. The molecule has 3 N–H and O–H groups in total. The van der Waals surface area contributed by atoms with Crippen LogP contribution >= 0.6 is 11.3 Å². The second-order valence-corrected chi connectivity index (χ2v) is 12.0. The molecule has 1 aliphatic heterocycles. The van der Waals surface area contributed by atoms with E-state index < -0.39 is 18.1 Å². The Morgan fingerprint density at radius 1 is 0.902 bits per heavy atom. The summed E-state index contributed by atoms with van der Waals surface area (Å²) in [7, 11) is 1.73. The van der Waals surface area contributed by atoms with E-state index in [1.807, 2.05) is 60.7 Å². The Bertz CT molecular complexity index is 1340. The zero-order chi connectivity index (χ0) is 28.8. The number of amides is 3. The molecule has 2 heterocycles. The summed E-state index contributed by atoms with van der Waals surface area (Å²) >= 11 is 1.53. The fourth-order valence-electron chi connectivity index (χ4n) is 5.83. The number of likely N-dealkylation sites (N-methyl/N-ethyl adjacent to an activating group) is 1. The van der Waals surface area contributed by atoms with Gasteiger partial charge in [0.1, 0.15) is 17.1 Å². The smallest absolute Gasteiger partial charge is 0.248 e. The number of hydrogen-bond acceptors (Lipinski definition) is 6. The normalized spacial score (nSPS) is 19.0. The van der Waals surface area contributed by atoms with E-state index in [1.54, 1.807) is 18.9 Å². The lowest BCUT2D eigenvalue weighted by atomic mass is 9.83. The Morgan fingerprint density at radius 3 is 2.22 bits per heavy atom. The van der Waals surface area contributed by atoms with Gasteiger partial charge in [-0.15, -0.1) is 11.3 Å². The molecule has 3 aromatic rings. The number of likely N-dealkylation sites (tertiary alicyclic amines) is 1. The van der Waals surface area contributed by atoms with E-state index in [-0.39, 0.29) is 23.6 Å². The van der Waals surface area contributed by atoms with Crippen molar-refractivity contribution in [2.45, 2.75) is 70.0 Å². The third kappa shape index (κ3) is 6.68. The summed E-state index contributed by atoms with van der Waals surface area (Å²) in [5.74, 6) is -0.0115. The Kier molecular flexibility index (Phi) is 9.46. The van der Waals surface area contributed by atoms with Crippen molar-refractivity contribution in [3.8, 4) is 21.0 Å². The standard InChI is InChI=1S/C32H39N5O3S/c1-21(33-2)29(38)34-26(22-13-6-3-7-14-22)32(40)37-20-12-19-25(37)30(39)35-28-27(23-15-8-4-9-16-23)41-31(36-28)24-17-10-5-11-18-24/h4-5,8-11,15-18,21-22,25-26,33H,3,6-7,12-14,19-20H2,1-2H3,(H,34,38)(H,35,39)/t21-,25-,26-/m0/s1. The number of thiazole rings is 1. The summed E-state index contributed by atoms with van der Waals surface area (Å²) in [6.45, 7) is 2.28. The molecule has 41 heavy (non-hydrogen) atoms. The van der Waals surface area contributed by atoms with Gasteiger partial charge in [0, 0.05) is 12.1 Å². The molecule has 3 atom stereocenters. The van der Waals surface area contributed by atoms with Crippen LogP contribution in [0, 0.1) is 5.92 Å². The van der Waals surface area contributed by atoms with E-state index >= 15 is 0 Å². The molecule has 1 aliphatic carbocycles. The van der Waals surface area contributed by atoms with E-state index in [4.69, 9.17) is 4.98 Å². The molecule has 2 aromatic carbocycles. The molecule has 1 aromatic heterocycles. The van der Waals surface area contributed by atoms with Crippen molar-refractivity contribution in [3.05, 3.63) is 60.7 Å². The fourth-order valence-corrected chi connectivity index (χ4v) is 6.87. The third-order valence-electron chi connectivity index (χ3n) is 8.28. The number of carbonyl (C=O) groups excluding carboxylic acids is 3. The van der Waals surface area contributed by atoms with Gasteiger partial charge in [-0.3, -0.25) is 14.4 Å². The van der Waals surface area contributed by atoms with Gasteiger partial charge in [-0.25, -0.2) is 4.98 Å². The van der Waals surface area contributed by atoms with Gasteiger partial charge in [-0.1, -0.05) is 79.9 Å². The van der Waals surface area contributed by atoms with E-state index in [9.17, 15) is 14.4 Å². The van der Waals surface area contributed by atoms with E-state index in [0.717, 1.165) is 59.5 Å². The van der Waals surface area contributed by atoms with E-state index in [0.29, 0.717) is 18.8 Å². The maximum atomic E-state index is 14.0. The van der Waals surface area contributed by atoms with Crippen LogP contribution in [-0.2, 0) is 14.4 Å². The quantitative estimate of drug-likeness (QED) is 0.331. The maximum absolute atomic E-state index is 14.0. The van der Waals surface area contributed by atoms with Crippen molar-refractivity contribution in [1.82, 2.24) is 20.5 Å². The zero-order valence-corrected chi connectivity index (χ0v) is 24.6. The van der Waals surface area contributed by atoms with Crippen LogP contribution in [-0.4, -0.2) is 59.3 Å². The number of hydrogen-bond donors (Lipinski definition) is 3. The topological polar surface area (TPSA) is 103 Å². The molecule has 2 fully saturated rings. The molecule has 0 spiro atoms. The summed E-state index contributed by atoms with van der Waals surface area (Å²) in [5, 5.41) is 9.90. The first-order valence-electron chi connectivity index (χ1n) is 14.7. The van der Waals surface area contributed by atoms with Crippen molar-refractivity contribution >= 4 is 34.9 Å². The van der Waals surface area contributed by atoms with Gasteiger partial charge in [0.25, 0.3) is 0 Å². The molecule has 2 aliphatic rings. The number of aromatic nitrogens is 1. The van der Waals surface area contributed by atoms with Gasteiger partial charge in [0.2, 0.25) is 17.7 Å². The summed E-state index contributed by atoms with van der Waals surface area (Å²) in [4.78, 5) is 48.1. The van der Waals surface area contributed by atoms with Crippen molar-refractivity contribution in [1.29, 1.82) is 0 Å². The predicted molar refractivity (Wildman–Crippen MR) is 163 cm³/mol. The molecular formula is C32H39N5O3S. The van der Waals surface area contributed by atoms with Gasteiger partial charge < -0.3 is 20.9 Å². The van der Waals surface area contributed by atoms with E-state index in [2.05, 4.69) is 16.0 Å². The molecule has 0 radical (unpaired) electrons. The van der Waals surface area contributed by atoms with Gasteiger partial charge in [-0.05, 0) is 51.1 Å². The first-order valence-corrected chi connectivity index (χ1v) is 15.5. The third-order valence-corrected chi connectivity index (χ3v) is 9.43. The van der Waals surface area contributed by atoms with Crippen LogP contribution in [0.5, 0.6) is 0 Å². The molecule has 8 nitrogen and oxygen atoms in total. The highest BCUT2D eigenvalue weighted by Crippen LogP contribution is 2.39. The highest BCUT2D eigenvalue weighted by atomic mass is 32.1. The SMILES string of the molecule is CN[C@@H](C)C(=O)N[C@H](C(=O)N1CCC[C@H]1C(=O)Nc1nc(-c2ccccc2)sc1-c1ccccc1)C1CCCCC1. The Balaban J connectivity index is 1.38. The molecule has 216 valence electrons. The minimum atomic E-state index is -0.629. The predicted octanol–water partition coefficient (Wildman–Crippen LogP) is 5.08. The van der Waals surface area contributed by atoms with Crippen molar-refractivity contribution in [2.24, 2.45) is 5.92 Å². The number of anilines is 1. The molecule has 1 saturated heterocycles. The molecule has 5 rings (SSSR count). The van der Waals surface area contributed by atoms with Gasteiger partial charge in [-0.2, -0.15) is 0 Å². The molecule has 3 amide bonds. The lowest BCUT2D eigenvalue weighted by Gasteiger charge is -2.35. The average molecular weight is 574 g/mol. The molecule has 0 bridgehead atoms. The fraction of sp³-hybridized carbons (Fsp3) is 0.438. The Hall–Kier alpha value is -3.56. The summed E-state index contributed by atoms with van der Waals surface area (Å²) in [6.07, 6.45) is 6.35. The average Bonchev–Trinajstić information content (AvgIpc) is 3.68. The zero-order valence-electron chi connectivity index (χ0n) is 23.8. The van der Waals surface area contributed by atoms with Crippen molar-refractivity contribution < 1.29 is 14.4 Å². The first-order chi connectivity index (χ1) is 20.0. The van der Waals surface area contributed by atoms with Crippen LogP contribution in [0.25, 0.3) is 21.0 Å². The molecular weight excluding hydrogens is 534 g/mol. The number of benzene rings is 2. The molecule has 9 heteroatoms.